The average Bonchev–Trinajstić information content (AvgIpc) is 3.24. The number of carbonyl (C=O) groups is 2. The van der Waals surface area contributed by atoms with Gasteiger partial charge in [-0.3, -0.25) is 9.59 Å². The minimum atomic E-state index is -0.363. The second-order valence-corrected chi connectivity index (χ2v) is 7.55. The molecule has 0 saturated heterocycles. The molecule has 0 spiro atoms. The van der Waals surface area contributed by atoms with Gasteiger partial charge in [-0.1, -0.05) is 11.6 Å². The molecule has 0 unspecified atom stereocenters. The molecule has 0 saturated carbocycles. The number of nitrogens with zero attached hydrogens (tertiary/aromatic N) is 1. The first-order valence-electron chi connectivity index (χ1n) is 8.08. The lowest BCUT2D eigenvalue weighted by molar-refractivity contribution is 0.0995. The molecule has 140 valence electrons. The molecule has 0 radical (unpaired) electrons. The van der Waals surface area contributed by atoms with Crippen LogP contribution in [0.2, 0.25) is 5.02 Å². The zero-order valence-electron chi connectivity index (χ0n) is 15.0. The average molecular weight is 404 g/mol. The Labute approximate surface area is 165 Å². The number of halogens is 1. The summed E-state index contributed by atoms with van der Waals surface area (Å²) in [6.45, 7) is 1.82. The summed E-state index contributed by atoms with van der Waals surface area (Å²) >= 11 is 7.27. The monoisotopic (exact) mass is 403 g/mol. The number of carbonyl (C=O) groups excluding carboxylic acids is 2. The number of anilines is 3. The van der Waals surface area contributed by atoms with Crippen LogP contribution in [0.25, 0.3) is 0 Å². The van der Waals surface area contributed by atoms with Gasteiger partial charge in [-0.05, 0) is 48.9 Å². The number of amides is 2. The number of benzene rings is 1. The van der Waals surface area contributed by atoms with E-state index in [4.69, 9.17) is 16.0 Å². The van der Waals surface area contributed by atoms with E-state index in [1.807, 2.05) is 32.0 Å². The molecule has 27 heavy (non-hydrogen) atoms. The maximum absolute atomic E-state index is 12.8. The molecule has 6 nitrogen and oxygen atoms in total. The highest BCUT2D eigenvalue weighted by molar-refractivity contribution is 7.18. The first-order chi connectivity index (χ1) is 12.8. The predicted molar refractivity (Wildman–Crippen MR) is 109 cm³/mol. The van der Waals surface area contributed by atoms with Crippen LogP contribution in [0, 0.1) is 6.92 Å². The molecule has 2 heterocycles. The van der Waals surface area contributed by atoms with Crippen molar-refractivity contribution in [1.82, 2.24) is 0 Å². The summed E-state index contributed by atoms with van der Waals surface area (Å²) in [4.78, 5) is 27.2. The van der Waals surface area contributed by atoms with Crippen molar-refractivity contribution in [1.29, 1.82) is 0 Å². The van der Waals surface area contributed by atoms with E-state index in [0.29, 0.717) is 20.6 Å². The summed E-state index contributed by atoms with van der Waals surface area (Å²) in [7, 11) is 3.77. The Hall–Kier alpha value is -2.77. The maximum atomic E-state index is 12.8. The van der Waals surface area contributed by atoms with E-state index in [1.165, 1.54) is 17.6 Å². The molecule has 8 heteroatoms. The fourth-order valence-electron chi connectivity index (χ4n) is 2.53. The van der Waals surface area contributed by atoms with Gasteiger partial charge in [-0.15, -0.1) is 11.3 Å². The van der Waals surface area contributed by atoms with Crippen molar-refractivity contribution in [2.45, 2.75) is 6.92 Å². The van der Waals surface area contributed by atoms with E-state index in [-0.39, 0.29) is 17.6 Å². The van der Waals surface area contributed by atoms with Crippen molar-refractivity contribution in [3.8, 4) is 0 Å². The van der Waals surface area contributed by atoms with Gasteiger partial charge < -0.3 is 20.0 Å². The summed E-state index contributed by atoms with van der Waals surface area (Å²) < 4.78 is 5.07. The van der Waals surface area contributed by atoms with Crippen LogP contribution < -0.4 is 15.5 Å². The molecule has 2 N–H and O–H groups in total. The molecule has 0 aliphatic carbocycles. The fraction of sp³-hybridized carbons (Fsp3) is 0.158. The van der Waals surface area contributed by atoms with E-state index < -0.39 is 0 Å². The lowest BCUT2D eigenvalue weighted by Crippen LogP contribution is -2.16. The highest BCUT2D eigenvalue weighted by Crippen LogP contribution is 2.31. The van der Waals surface area contributed by atoms with Gasteiger partial charge in [0.05, 0.1) is 27.5 Å². The molecular weight excluding hydrogens is 386 g/mol. The molecule has 0 aliphatic heterocycles. The molecule has 3 rings (SSSR count). The topological polar surface area (TPSA) is 74.6 Å². The summed E-state index contributed by atoms with van der Waals surface area (Å²) in [6, 6.07) is 10.3. The van der Waals surface area contributed by atoms with Crippen molar-refractivity contribution in [3.63, 3.8) is 0 Å². The molecule has 1 aromatic carbocycles. The Morgan fingerprint density at radius 3 is 2.56 bits per heavy atom. The van der Waals surface area contributed by atoms with Gasteiger partial charge >= 0.3 is 0 Å². The number of rotatable bonds is 5. The number of hydrogen-bond acceptors (Lipinski definition) is 5. The van der Waals surface area contributed by atoms with Gasteiger partial charge in [0, 0.05) is 19.1 Å². The van der Waals surface area contributed by atoms with Crippen molar-refractivity contribution in [2.75, 3.05) is 29.6 Å². The molecular formula is C19H18ClN3O3S. The second-order valence-electron chi connectivity index (χ2n) is 6.06. The van der Waals surface area contributed by atoms with Gasteiger partial charge in [-0.2, -0.15) is 0 Å². The van der Waals surface area contributed by atoms with Crippen molar-refractivity contribution in [3.05, 3.63) is 63.9 Å². The molecule has 3 aromatic rings. The number of hydrogen-bond donors (Lipinski definition) is 2. The summed E-state index contributed by atoms with van der Waals surface area (Å²) in [5.41, 5.74) is 2.22. The van der Waals surface area contributed by atoms with Gasteiger partial charge in [0.2, 0.25) is 0 Å². The number of nitrogens with one attached hydrogen (secondary N) is 2. The van der Waals surface area contributed by atoms with Crippen LogP contribution in [0.1, 0.15) is 25.8 Å². The Bertz CT molecular complexity index is 980. The second kappa shape index (κ2) is 7.85. The van der Waals surface area contributed by atoms with E-state index in [1.54, 1.807) is 30.3 Å². The molecule has 2 amide bonds. The van der Waals surface area contributed by atoms with Crippen molar-refractivity contribution >= 4 is 51.1 Å². The van der Waals surface area contributed by atoms with Crippen LogP contribution in [0.5, 0.6) is 0 Å². The molecule has 0 bridgehead atoms. The number of furan rings is 1. The molecule has 0 aliphatic rings. The maximum Gasteiger partial charge on any atom is 0.291 e. The fourth-order valence-corrected chi connectivity index (χ4v) is 3.66. The molecule has 0 fully saturated rings. The van der Waals surface area contributed by atoms with Crippen LogP contribution in [0.3, 0.4) is 0 Å². The minimum absolute atomic E-state index is 0.210. The Kier molecular flexibility index (Phi) is 5.53. The summed E-state index contributed by atoms with van der Waals surface area (Å²) in [6.07, 6.45) is 1.43. The van der Waals surface area contributed by atoms with Crippen LogP contribution in [-0.2, 0) is 0 Å². The summed E-state index contributed by atoms with van der Waals surface area (Å²) in [5, 5.41) is 6.74. The van der Waals surface area contributed by atoms with E-state index in [2.05, 4.69) is 10.6 Å². The van der Waals surface area contributed by atoms with Crippen molar-refractivity contribution in [2.24, 2.45) is 0 Å². The third kappa shape index (κ3) is 4.32. The highest BCUT2D eigenvalue weighted by Gasteiger charge is 2.18. The number of thiophene rings is 1. The molecule has 0 atom stereocenters. The normalized spacial score (nSPS) is 10.5. The van der Waals surface area contributed by atoms with Crippen LogP contribution in [-0.4, -0.2) is 25.9 Å². The summed E-state index contributed by atoms with van der Waals surface area (Å²) in [5.74, 6) is -0.416. The largest absolute Gasteiger partial charge is 0.459 e. The lowest BCUT2D eigenvalue weighted by Gasteiger charge is -2.18. The molecule has 2 aromatic heterocycles. The Morgan fingerprint density at radius 1 is 1.11 bits per heavy atom. The smallest absolute Gasteiger partial charge is 0.291 e. The zero-order chi connectivity index (χ0) is 19.6. The van der Waals surface area contributed by atoms with Crippen LogP contribution >= 0.6 is 22.9 Å². The van der Waals surface area contributed by atoms with Gasteiger partial charge in [0.25, 0.3) is 11.8 Å². The predicted octanol–water partition coefficient (Wildman–Crippen LogP) is 4.87. The quantitative estimate of drug-likeness (QED) is 0.637. The van der Waals surface area contributed by atoms with Gasteiger partial charge in [0.1, 0.15) is 0 Å². The first-order valence-corrected chi connectivity index (χ1v) is 9.28. The Morgan fingerprint density at radius 2 is 1.89 bits per heavy atom. The Balaban J connectivity index is 1.79. The minimum Gasteiger partial charge on any atom is -0.459 e. The van der Waals surface area contributed by atoms with E-state index in [9.17, 15) is 9.59 Å². The highest BCUT2D eigenvalue weighted by atomic mass is 35.5. The van der Waals surface area contributed by atoms with Crippen LogP contribution in [0.15, 0.2) is 47.1 Å². The van der Waals surface area contributed by atoms with Crippen molar-refractivity contribution < 1.29 is 14.0 Å². The lowest BCUT2D eigenvalue weighted by atomic mass is 10.2. The van der Waals surface area contributed by atoms with Gasteiger partial charge in [-0.25, -0.2) is 0 Å². The van der Waals surface area contributed by atoms with E-state index in [0.717, 1.165) is 11.3 Å². The number of aryl methyl sites for hydroxylation is 1. The van der Waals surface area contributed by atoms with E-state index >= 15 is 0 Å². The first kappa shape index (κ1) is 19.0. The SMILES string of the molecule is Cc1cc(NC(=O)c2ccco2)sc1C(=O)Nc1cc(Cl)ccc1N(C)C. The standard InChI is InChI=1S/C19H18ClN3O3S/c1-11-9-16(22-18(24)15-5-4-8-26-15)27-17(11)19(25)21-13-10-12(20)6-7-14(13)23(2)3/h4-10H,1-3H3,(H,21,25)(H,22,24). The van der Waals surface area contributed by atoms with Crippen LogP contribution in [0.4, 0.5) is 16.4 Å². The third-order valence-corrected chi connectivity index (χ3v) is 5.18. The third-order valence-electron chi connectivity index (χ3n) is 3.79. The van der Waals surface area contributed by atoms with Gasteiger partial charge in [0.15, 0.2) is 5.76 Å². The zero-order valence-corrected chi connectivity index (χ0v) is 16.6.